The number of para-hydroxylation sites is 2. The van der Waals surface area contributed by atoms with Crippen LogP contribution in [0.5, 0.6) is 0 Å². The number of anilines is 1. The van der Waals surface area contributed by atoms with Crippen LogP contribution in [0.25, 0.3) is 11.0 Å². The molecule has 1 saturated carbocycles. The molecule has 0 aliphatic heterocycles. The van der Waals surface area contributed by atoms with Crippen molar-refractivity contribution in [3.63, 3.8) is 0 Å². The van der Waals surface area contributed by atoms with Gasteiger partial charge < -0.3 is 9.88 Å². The van der Waals surface area contributed by atoms with Crippen LogP contribution >= 0.6 is 11.6 Å². The van der Waals surface area contributed by atoms with Crippen molar-refractivity contribution in [3.8, 4) is 0 Å². The molecule has 1 N–H and O–H groups in total. The molecule has 0 atom stereocenters. The molecule has 1 fully saturated rings. The van der Waals surface area contributed by atoms with E-state index in [0.29, 0.717) is 23.3 Å². The number of rotatable bonds is 5. The van der Waals surface area contributed by atoms with Gasteiger partial charge in [-0.15, -0.1) is 0 Å². The summed E-state index contributed by atoms with van der Waals surface area (Å²) in [5, 5.41) is 14.4. The van der Waals surface area contributed by atoms with E-state index in [-0.39, 0.29) is 5.69 Å². The zero-order valence-corrected chi connectivity index (χ0v) is 13.5. The number of non-ortho nitro benzene ring substituents is 1. The number of imidazole rings is 1. The molecule has 0 saturated heterocycles. The quantitative estimate of drug-likeness (QED) is 0.545. The minimum atomic E-state index is -0.456. The van der Waals surface area contributed by atoms with E-state index < -0.39 is 4.92 Å². The number of nitro groups is 1. The maximum Gasteiger partial charge on any atom is 0.271 e. The third-order valence-electron chi connectivity index (χ3n) is 4.18. The van der Waals surface area contributed by atoms with E-state index in [4.69, 9.17) is 16.6 Å². The summed E-state index contributed by atoms with van der Waals surface area (Å²) in [4.78, 5) is 15.0. The Morgan fingerprint density at radius 3 is 2.79 bits per heavy atom. The molecule has 1 aromatic heterocycles. The third kappa shape index (κ3) is 2.69. The maximum absolute atomic E-state index is 10.8. The van der Waals surface area contributed by atoms with Gasteiger partial charge >= 0.3 is 0 Å². The van der Waals surface area contributed by atoms with E-state index in [1.807, 2.05) is 18.2 Å². The fourth-order valence-electron chi connectivity index (χ4n) is 2.89. The smallest absolute Gasteiger partial charge is 0.271 e. The summed E-state index contributed by atoms with van der Waals surface area (Å²) >= 11 is 6.14. The number of nitrogens with one attached hydrogen (secondary N) is 1. The van der Waals surface area contributed by atoms with Gasteiger partial charge in [-0.2, -0.15) is 0 Å². The normalized spacial score (nSPS) is 14.0. The van der Waals surface area contributed by atoms with Crippen molar-refractivity contribution in [1.29, 1.82) is 0 Å². The van der Waals surface area contributed by atoms with Crippen LogP contribution < -0.4 is 5.32 Å². The van der Waals surface area contributed by atoms with Crippen molar-refractivity contribution in [3.05, 3.63) is 63.4 Å². The van der Waals surface area contributed by atoms with Crippen molar-refractivity contribution in [2.75, 3.05) is 5.32 Å². The second kappa shape index (κ2) is 5.79. The van der Waals surface area contributed by atoms with Gasteiger partial charge in [0.25, 0.3) is 5.69 Å². The van der Waals surface area contributed by atoms with Crippen molar-refractivity contribution < 1.29 is 4.92 Å². The Bertz CT molecular complexity index is 933. The zero-order valence-electron chi connectivity index (χ0n) is 12.8. The average Bonchev–Trinajstić information content (AvgIpc) is 3.34. The van der Waals surface area contributed by atoms with Crippen LogP contribution in [-0.4, -0.2) is 14.5 Å². The number of hydrogen-bond acceptors (Lipinski definition) is 4. The molecular weight excluding hydrogens is 328 g/mol. The van der Waals surface area contributed by atoms with Gasteiger partial charge in [0.1, 0.15) is 5.82 Å². The summed E-state index contributed by atoms with van der Waals surface area (Å²) in [6.07, 6.45) is 2.34. The number of halogens is 1. The third-order valence-corrected chi connectivity index (χ3v) is 4.49. The van der Waals surface area contributed by atoms with Gasteiger partial charge in [0.15, 0.2) is 0 Å². The minimum Gasteiger partial charge on any atom is -0.377 e. The topological polar surface area (TPSA) is 73.0 Å². The highest BCUT2D eigenvalue weighted by Gasteiger charge is 2.27. The fraction of sp³-hybridized carbons (Fsp3) is 0.235. The molecule has 0 amide bonds. The van der Waals surface area contributed by atoms with Gasteiger partial charge in [0, 0.05) is 18.2 Å². The Labute approximate surface area is 143 Å². The molecule has 7 heteroatoms. The number of nitro benzene ring substituents is 1. The first-order valence-electron chi connectivity index (χ1n) is 7.77. The molecule has 0 unspecified atom stereocenters. The number of nitrogens with zero attached hydrogens (tertiary/aromatic N) is 3. The van der Waals surface area contributed by atoms with Crippen LogP contribution in [0.1, 0.15) is 24.7 Å². The molecule has 1 heterocycles. The van der Waals surface area contributed by atoms with Crippen LogP contribution in [0.2, 0.25) is 5.02 Å². The van der Waals surface area contributed by atoms with Crippen LogP contribution in [0.15, 0.2) is 42.5 Å². The lowest BCUT2D eigenvalue weighted by atomic mass is 10.3. The van der Waals surface area contributed by atoms with E-state index in [2.05, 4.69) is 16.0 Å². The second-order valence-corrected chi connectivity index (χ2v) is 6.30. The van der Waals surface area contributed by atoms with E-state index in [1.54, 1.807) is 6.07 Å². The molecular formula is C17H15ClN4O2. The van der Waals surface area contributed by atoms with E-state index in [9.17, 15) is 10.1 Å². The molecule has 122 valence electrons. The maximum atomic E-state index is 10.8. The molecule has 2 aromatic carbocycles. The first-order valence-corrected chi connectivity index (χ1v) is 8.15. The first kappa shape index (κ1) is 15.0. The summed E-state index contributed by atoms with van der Waals surface area (Å²) < 4.78 is 2.28. The lowest BCUT2D eigenvalue weighted by Gasteiger charge is -2.10. The monoisotopic (exact) mass is 342 g/mol. The molecule has 0 bridgehead atoms. The minimum absolute atomic E-state index is 0.0178. The van der Waals surface area contributed by atoms with Crippen molar-refractivity contribution in [2.45, 2.75) is 25.4 Å². The predicted octanol–water partition coefficient (Wildman–Crippen LogP) is 4.54. The highest BCUT2D eigenvalue weighted by molar-refractivity contribution is 6.33. The Morgan fingerprint density at radius 2 is 2.08 bits per heavy atom. The lowest BCUT2D eigenvalue weighted by Crippen LogP contribution is -2.08. The predicted molar refractivity (Wildman–Crippen MR) is 93.4 cm³/mol. The van der Waals surface area contributed by atoms with Gasteiger partial charge in [-0.25, -0.2) is 4.98 Å². The van der Waals surface area contributed by atoms with E-state index >= 15 is 0 Å². The van der Waals surface area contributed by atoms with Crippen LogP contribution in [0.3, 0.4) is 0 Å². The van der Waals surface area contributed by atoms with Crippen LogP contribution in [0.4, 0.5) is 11.4 Å². The summed E-state index contributed by atoms with van der Waals surface area (Å²) in [6.45, 7) is 0.517. The molecule has 0 spiro atoms. The van der Waals surface area contributed by atoms with E-state index in [0.717, 1.165) is 16.9 Å². The molecule has 6 nitrogen and oxygen atoms in total. The van der Waals surface area contributed by atoms with Crippen LogP contribution in [-0.2, 0) is 6.54 Å². The van der Waals surface area contributed by atoms with Gasteiger partial charge in [-0.1, -0.05) is 23.7 Å². The van der Waals surface area contributed by atoms with Gasteiger partial charge in [0.2, 0.25) is 0 Å². The standard InChI is InChI=1S/C17H15ClN4O2/c18-13-9-12(22(23)24)7-8-14(13)19-10-17-20-15-3-1-2-4-16(15)21(17)11-5-6-11/h1-4,7-9,11,19H,5-6,10H2. The second-order valence-electron chi connectivity index (χ2n) is 5.89. The summed E-state index contributed by atoms with van der Waals surface area (Å²) in [5.74, 6) is 0.952. The molecule has 24 heavy (non-hydrogen) atoms. The molecule has 1 aliphatic rings. The van der Waals surface area contributed by atoms with Crippen molar-refractivity contribution in [2.24, 2.45) is 0 Å². The molecule has 4 rings (SSSR count). The SMILES string of the molecule is O=[N+]([O-])c1ccc(NCc2nc3ccccc3n2C2CC2)c(Cl)c1. The van der Waals surface area contributed by atoms with E-state index in [1.165, 1.54) is 25.0 Å². The molecule has 1 aliphatic carbocycles. The number of benzene rings is 2. The summed E-state index contributed by atoms with van der Waals surface area (Å²) in [5.41, 5.74) is 2.77. The summed E-state index contributed by atoms with van der Waals surface area (Å²) in [7, 11) is 0. The van der Waals surface area contributed by atoms with Crippen molar-refractivity contribution >= 4 is 34.0 Å². The Morgan fingerprint density at radius 1 is 1.29 bits per heavy atom. The fourth-order valence-corrected chi connectivity index (χ4v) is 3.14. The van der Waals surface area contributed by atoms with Crippen molar-refractivity contribution in [1.82, 2.24) is 9.55 Å². The molecule has 0 radical (unpaired) electrons. The highest BCUT2D eigenvalue weighted by Crippen LogP contribution is 2.39. The Balaban J connectivity index is 1.61. The lowest BCUT2D eigenvalue weighted by molar-refractivity contribution is -0.384. The first-order chi connectivity index (χ1) is 11.6. The van der Waals surface area contributed by atoms with Gasteiger partial charge in [0.05, 0.1) is 33.2 Å². The van der Waals surface area contributed by atoms with Gasteiger partial charge in [-0.3, -0.25) is 10.1 Å². The average molecular weight is 343 g/mol. The molecule has 3 aromatic rings. The number of hydrogen-bond donors (Lipinski definition) is 1. The Kier molecular flexibility index (Phi) is 3.61. The largest absolute Gasteiger partial charge is 0.377 e. The van der Waals surface area contributed by atoms with Gasteiger partial charge in [-0.05, 0) is 31.0 Å². The summed E-state index contributed by atoms with van der Waals surface area (Å²) in [6, 6.07) is 13.0. The number of aromatic nitrogens is 2. The Hall–Kier alpha value is -2.60. The zero-order chi connectivity index (χ0) is 16.7. The number of fused-ring (bicyclic) bond motifs is 1. The van der Waals surface area contributed by atoms with Crippen LogP contribution in [0, 0.1) is 10.1 Å². The highest BCUT2D eigenvalue weighted by atomic mass is 35.5.